The highest BCUT2D eigenvalue weighted by Crippen LogP contribution is 2.27. The highest BCUT2D eigenvalue weighted by Gasteiger charge is 2.26. The van der Waals surface area contributed by atoms with Crippen LogP contribution in [0.25, 0.3) is 0 Å². The second kappa shape index (κ2) is 6.97. The van der Waals surface area contributed by atoms with Crippen molar-refractivity contribution in [2.24, 2.45) is 0 Å². The molecule has 0 aromatic heterocycles. The lowest BCUT2D eigenvalue weighted by Crippen LogP contribution is -2.49. The Labute approximate surface area is 104 Å². The van der Waals surface area contributed by atoms with E-state index in [1.807, 2.05) is 6.92 Å². The molecule has 4 heteroatoms. The average Bonchev–Trinajstić information content (AvgIpc) is 2.28. The van der Waals surface area contributed by atoms with E-state index >= 15 is 0 Å². The van der Waals surface area contributed by atoms with Gasteiger partial charge in [-0.05, 0) is 26.7 Å². The van der Waals surface area contributed by atoms with Gasteiger partial charge in [-0.25, -0.2) is 0 Å². The van der Waals surface area contributed by atoms with E-state index in [0.717, 1.165) is 0 Å². The molecule has 1 rings (SSSR count). The van der Waals surface area contributed by atoms with Crippen molar-refractivity contribution >= 4 is 5.91 Å². The molecule has 0 radical (unpaired) electrons. The summed E-state index contributed by atoms with van der Waals surface area (Å²) < 4.78 is 4.98. The van der Waals surface area contributed by atoms with Crippen LogP contribution < -0.4 is 10.6 Å². The van der Waals surface area contributed by atoms with Crippen molar-refractivity contribution in [3.05, 3.63) is 0 Å². The zero-order valence-electron chi connectivity index (χ0n) is 11.3. The summed E-state index contributed by atoms with van der Waals surface area (Å²) in [5, 5.41) is 6.30. The molecule has 1 saturated carbocycles. The number of methoxy groups -OCH3 is 1. The first-order chi connectivity index (χ1) is 8.06. The van der Waals surface area contributed by atoms with Gasteiger partial charge in [0, 0.05) is 18.7 Å². The van der Waals surface area contributed by atoms with Gasteiger partial charge in [0.2, 0.25) is 5.91 Å². The predicted molar refractivity (Wildman–Crippen MR) is 69.0 cm³/mol. The Hall–Kier alpha value is -0.610. The van der Waals surface area contributed by atoms with Crippen molar-refractivity contribution in [2.75, 3.05) is 20.3 Å². The lowest BCUT2D eigenvalue weighted by molar-refractivity contribution is -0.121. The maximum Gasteiger partial charge on any atom is 0.234 e. The molecule has 0 heterocycles. The maximum atomic E-state index is 11.7. The van der Waals surface area contributed by atoms with E-state index in [0.29, 0.717) is 13.2 Å². The van der Waals surface area contributed by atoms with Crippen molar-refractivity contribution in [1.29, 1.82) is 0 Å². The Balaban J connectivity index is 2.22. The second-order valence-corrected chi connectivity index (χ2v) is 5.40. The van der Waals surface area contributed by atoms with E-state index in [-0.39, 0.29) is 17.5 Å². The quantitative estimate of drug-likeness (QED) is 0.741. The molecule has 0 aromatic carbocycles. The van der Waals surface area contributed by atoms with Crippen LogP contribution in [0.5, 0.6) is 0 Å². The molecule has 100 valence electrons. The largest absolute Gasteiger partial charge is 0.383 e. The zero-order chi connectivity index (χ0) is 12.7. The predicted octanol–water partition coefficient (Wildman–Crippen LogP) is 1.45. The molecule has 1 fully saturated rings. The van der Waals surface area contributed by atoms with Crippen LogP contribution in [0.4, 0.5) is 0 Å². The Morgan fingerprint density at radius 1 is 1.35 bits per heavy atom. The number of ether oxygens (including phenoxy) is 1. The molecule has 0 aromatic rings. The first kappa shape index (κ1) is 14.5. The van der Waals surface area contributed by atoms with Crippen LogP contribution in [0.3, 0.4) is 0 Å². The summed E-state index contributed by atoms with van der Waals surface area (Å²) >= 11 is 0. The Morgan fingerprint density at radius 2 is 2.00 bits per heavy atom. The SMILES string of the molecule is COCC(C)NC(=O)CNC1(C)CCCCC1. The molecule has 1 aliphatic carbocycles. The van der Waals surface area contributed by atoms with Crippen LogP contribution in [0.2, 0.25) is 0 Å². The molecule has 1 aliphatic rings. The van der Waals surface area contributed by atoms with Crippen LogP contribution in [0.15, 0.2) is 0 Å². The minimum absolute atomic E-state index is 0.0568. The van der Waals surface area contributed by atoms with Gasteiger partial charge in [0.1, 0.15) is 0 Å². The van der Waals surface area contributed by atoms with Crippen molar-refractivity contribution in [3.8, 4) is 0 Å². The van der Waals surface area contributed by atoms with Gasteiger partial charge in [0.25, 0.3) is 0 Å². The van der Waals surface area contributed by atoms with Crippen LogP contribution >= 0.6 is 0 Å². The fourth-order valence-electron chi connectivity index (χ4n) is 2.42. The number of hydrogen-bond donors (Lipinski definition) is 2. The Morgan fingerprint density at radius 3 is 2.59 bits per heavy atom. The van der Waals surface area contributed by atoms with Gasteiger partial charge in [0.15, 0.2) is 0 Å². The molecular formula is C13H26N2O2. The van der Waals surface area contributed by atoms with E-state index in [9.17, 15) is 4.79 Å². The third-order valence-corrected chi connectivity index (χ3v) is 3.46. The summed E-state index contributed by atoms with van der Waals surface area (Å²) in [4.78, 5) is 11.7. The summed E-state index contributed by atoms with van der Waals surface area (Å²) in [5.41, 5.74) is 0.153. The number of hydrogen-bond acceptors (Lipinski definition) is 3. The molecule has 17 heavy (non-hydrogen) atoms. The first-order valence-electron chi connectivity index (χ1n) is 6.59. The van der Waals surface area contributed by atoms with E-state index < -0.39 is 0 Å². The third-order valence-electron chi connectivity index (χ3n) is 3.46. The van der Waals surface area contributed by atoms with Gasteiger partial charge in [-0.1, -0.05) is 19.3 Å². The molecule has 0 spiro atoms. The normalized spacial score (nSPS) is 20.9. The Kier molecular flexibility index (Phi) is 5.92. The fourth-order valence-corrected chi connectivity index (χ4v) is 2.42. The summed E-state index contributed by atoms with van der Waals surface area (Å²) in [6.07, 6.45) is 6.21. The van der Waals surface area contributed by atoms with Crippen LogP contribution in [0.1, 0.15) is 46.0 Å². The topological polar surface area (TPSA) is 50.4 Å². The number of carbonyl (C=O) groups is 1. The molecular weight excluding hydrogens is 216 g/mol. The second-order valence-electron chi connectivity index (χ2n) is 5.40. The van der Waals surface area contributed by atoms with Gasteiger partial charge in [0.05, 0.1) is 13.2 Å². The van der Waals surface area contributed by atoms with Gasteiger partial charge >= 0.3 is 0 Å². The van der Waals surface area contributed by atoms with Gasteiger partial charge < -0.3 is 15.4 Å². The summed E-state index contributed by atoms with van der Waals surface area (Å²) in [6, 6.07) is 0.0773. The van der Waals surface area contributed by atoms with Crippen molar-refractivity contribution in [1.82, 2.24) is 10.6 Å². The first-order valence-corrected chi connectivity index (χ1v) is 6.59. The molecule has 0 aliphatic heterocycles. The molecule has 2 N–H and O–H groups in total. The summed E-state index contributed by atoms with van der Waals surface area (Å²) in [7, 11) is 1.64. The molecule has 4 nitrogen and oxygen atoms in total. The average molecular weight is 242 g/mol. The number of carbonyl (C=O) groups excluding carboxylic acids is 1. The molecule has 1 unspecified atom stereocenters. The Bertz CT molecular complexity index is 238. The lowest BCUT2D eigenvalue weighted by atomic mass is 9.83. The molecule has 1 amide bonds. The third kappa shape index (κ3) is 5.50. The van der Waals surface area contributed by atoms with E-state index in [4.69, 9.17) is 4.74 Å². The number of rotatable bonds is 6. The van der Waals surface area contributed by atoms with Gasteiger partial charge in [-0.15, -0.1) is 0 Å². The molecule has 1 atom stereocenters. The zero-order valence-corrected chi connectivity index (χ0v) is 11.3. The smallest absolute Gasteiger partial charge is 0.234 e. The summed E-state index contributed by atoms with van der Waals surface area (Å²) in [6.45, 7) is 5.13. The van der Waals surface area contributed by atoms with Crippen molar-refractivity contribution in [2.45, 2.75) is 57.5 Å². The number of amides is 1. The minimum Gasteiger partial charge on any atom is -0.383 e. The highest BCUT2D eigenvalue weighted by molar-refractivity contribution is 5.78. The van der Waals surface area contributed by atoms with Gasteiger partial charge in [-0.2, -0.15) is 0 Å². The van der Waals surface area contributed by atoms with Crippen molar-refractivity contribution in [3.63, 3.8) is 0 Å². The maximum absolute atomic E-state index is 11.7. The standard InChI is InChI=1S/C13H26N2O2/c1-11(10-17-3)15-12(16)9-14-13(2)7-5-4-6-8-13/h11,14H,4-10H2,1-3H3,(H,15,16). The minimum atomic E-state index is 0.0568. The van der Waals surface area contributed by atoms with E-state index in [1.54, 1.807) is 7.11 Å². The highest BCUT2D eigenvalue weighted by atomic mass is 16.5. The summed E-state index contributed by atoms with van der Waals surface area (Å²) in [5.74, 6) is 0.0568. The lowest BCUT2D eigenvalue weighted by Gasteiger charge is -2.34. The van der Waals surface area contributed by atoms with E-state index in [1.165, 1.54) is 32.1 Å². The number of nitrogens with one attached hydrogen (secondary N) is 2. The molecule has 0 bridgehead atoms. The fraction of sp³-hybridized carbons (Fsp3) is 0.923. The van der Waals surface area contributed by atoms with Crippen LogP contribution in [-0.2, 0) is 9.53 Å². The van der Waals surface area contributed by atoms with Crippen LogP contribution in [-0.4, -0.2) is 37.7 Å². The van der Waals surface area contributed by atoms with Crippen LogP contribution in [0, 0.1) is 0 Å². The van der Waals surface area contributed by atoms with Gasteiger partial charge in [-0.3, -0.25) is 4.79 Å². The van der Waals surface area contributed by atoms with E-state index in [2.05, 4.69) is 17.6 Å². The monoisotopic (exact) mass is 242 g/mol. The van der Waals surface area contributed by atoms with Crippen molar-refractivity contribution < 1.29 is 9.53 Å². The molecule has 0 saturated heterocycles.